The van der Waals surface area contributed by atoms with Gasteiger partial charge in [-0.05, 0) is 0 Å². The first-order valence-corrected chi connectivity index (χ1v) is 2.57. The fourth-order valence-electron chi connectivity index (χ4n) is 0. The molecule has 0 unspecified atom stereocenters. The molecule has 0 saturated heterocycles. The van der Waals surface area contributed by atoms with Gasteiger partial charge in [-0.1, -0.05) is 22.6 Å². The van der Waals surface area contributed by atoms with Crippen molar-refractivity contribution in [2.75, 3.05) is 4.43 Å². The summed E-state index contributed by atoms with van der Waals surface area (Å²) in [5.41, 5.74) is 0.0758. The Balaban J connectivity index is 3.35. The first-order valence-electron chi connectivity index (χ1n) is 1.94. The molecule has 30 valence electrons. The highest BCUT2D eigenvalue weighted by Gasteiger charge is 1.79. The van der Waals surface area contributed by atoms with Crippen LogP contribution in [0.2, 0.25) is 2.82 Å². The standard InChI is InChI=1S/C2H4INO/c3-1-2(4)5/h1H2,(H2,4,5)/i/hD2. The van der Waals surface area contributed by atoms with Gasteiger partial charge in [-0.25, -0.2) is 0 Å². The molecule has 0 aromatic rings. The van der Waals surface area contributed by atoms with E-state index in [1.54, 1.807) is 22.6 Å². The number of halogens is 1. The fraction of sp³-hybridized carbons (Fsp3) is 0.500. The summed E-state index contributed by atoms with van der Waals surface area (Å²) < 4.78 is 12.9. The molecule has 0 spiro atoms. The van der Waals surface area contributed by atoms with Crippen molar-refractivity contribution in [2.24, 2.45) is 5.72 Å². The maximum absolute atomic E-state index is 10.1. The monoisotopic (exact) mass is 187 g/mol. The van der Waals surface area contributed by atoms with Crippen LogP contribution in [0.1, 0.15) is 0 Å². The van der Waals surface area contributed by atoms with E-state index in [0.717, 1.165) is 0 Å². The lowest BCUT2D eigenvalue weighted by Crippen LogP contribution is -2.10. The zero-order valence-electron chi connectivity index (χ0n) is 4.44. The zero-order chi connectivity index (χ0) is 5.86. The number of alkyl halides is 1. The van der Waals surface area contributed by atoms with E-state index >= 15 is 0 Å². The van der Waals surface area contributed by atoms with Crippen LogP contribution in [-0.2, 0) is 4.79 Å². The summed E-state index contributed by atoms with van der Waals surface area (Å²) in [7, 11) is 0. The Morgan fingerprint density at radius 2 is 3.00 bits per heavy atom. The van der Waals surface area contributed by atoms with Crippen molar-refractivity contribution in [1.29, 1.82) is 0 Å². The maximum atomic E-state index is 10.1. The van der Waals surface area contributed by atoms with Crippen LogP contribution in [0.3, 0.4) is 0 Å². The van der Waals surface area contributed by atoms with Crippen molar-refractivity contribution in [3.63, 3.8) is 0 Å². The molecule has 2 nitrogen and oxygen atoms in total. The molecule has 1 amide bonds. The van der Waals surface area contributed by atoms with Crippen LogP contribution in [-0.4, -0.2) is 10.3 Å². The molecular weight excluding hydrogens is 181 g/mol. The number of carbonyl (C=O) groups is 1. The quantitative estimate of drug-likeness (QED) is 0.452. The number of carbonyl (C=O) groups excluding carboxylic acids is 1. The Labute approximate surface area is 46.8 Å². The predicted molar refractivity (Wildman–Crippen MR) is 28.1 cm³/mol. The fourth-order valence-corrected chi connectivity index (χ4v) is 0. The number of amides is 1. The van der Waals surface area contributed by atoms with Gasteiger partial charge in [0.05, 0.1) is 4.43 Å². The van der Waals surface area contributed by atoms with E-state index in [4.69, 9.17) is 2.82 Å². The molecule has 0 aromatic carbocycles. The lowest BCUT2D eigenvalue weighted by Gasteiger charge is -1.71. The third kappa shape index (κ3) is 4.20. The molecule has 5 heavy (non-hydrogen) atoms. The molecule has 0 aliphatic rings. The molecule has 3 heteroatoms. The molecule has 0 fully saturated rings. The molecule has 0 aromatic heterocycles. The van der Waals surface area contributed by atoms with Gasteiger partial charge in [0.25, 0.3) is 0 Å². The van der Waals surface area contributed by atoms with Gasteiger partial charge in [0, 0.05) is 0 Å². The van der Waals surface area contributed by atoms with Gasteiger partial charge in [-0.15, -0.1) is 0 Å². The van der Waals surface area contributed by atoms with Gasteiger partial charge in [0.2, 0.25) is 5.91 Å². The second-order valence-electron chi connectivity index (χ2n) is 0.527. The summed E-state index contributed by atoms with van der Waals surface area (Å²) in [6, 6.07) is 0. The predicted octanol–water partition coefficient (Wildman–Crippen LogP) is -0.0933. The van der Waals surface area contributed by atoms with Gasteiger partial charge in [-0.3, -0.25) is 4.79 Å². The highest BCUT2D eigenvalue weighted by Crippen LogP contribution is 1.72. The van der Waals surface area contributed by atoms with Crippen LogP contribution < -0.4 is 5.72 Å². The summed E-state index contributed by atoms with van der Waals surface area (Å²) in [6.45, 7) is 0. The average Bonchev–Trinajstić information content (AvgIpc) is 1.65. The van der Waals surface area contributed by atoms with Crippen molar-refractivity contribution in [3.8, 4) is 0 Å². The topological polar surface area (TPSA) is 43.1 Å². The van der Waals surface area contributed by atoms with E-state index in [1.807, 2.05) is 0 Å². The molecule has 2 N–H and O–H groups in total. The Bertz CT molecular complexity index is 76.1. The van der Waals surface area contributed by atoms with Gasteiger partial charge in [0.15, 0.2) is 2.82 Å². The van der Waals surface area contributed by atoms with E-state index in [2.05, 4.69) is 0 Å². The highest BCUT2D eigenvalue weighted by molar-refractivity contribution is 14.1. The Morgan fingerprint density at radius 3 is 3.00 bits per heavy atom. The summed E-state index contributed by atoms with van der Waals surface area (Å²) in [5, 5.41) is 0. The summed E-state index contributed by atoms with van der Waals surface area (Å²) in [5.74, 6) is -0.499. The van der Waals surface area contributed by atoms with Gasteiger partial charge < -0.3 is 5.72 Å². The minimum atomic E-state index is -0.499. The largest absolute Gasteiger partial charge is 0.369 e. The molecule has 0 atom stereocenters. The van der Waals surface area contributed by atoms with Gasteiger partial charge in [0.1, 0.15) is 0 Å². The molecule has 0 aliphatic carbocycles. The van der Waals surface area contributed by atoms with Crippen LogP contribution >= 0.6 is 22.6 Å². The number of hydrogen-bond donors (Lipinski definition) is 1. The lowest BCUT2D eigenvalue weighted by atomic mass is 10.8. The van der Waals surface area contributed by atoms with E-state index < -0.39 is 5.91 Å². The van der Waals surface area contributed by atoms with Crippen LogP contribution in [0.4, 0.5) is 0 Å². The molecule has 0 bridgehead atoms. The summed E-state index contributed by atoms with van der Waals surface area (Å²) in [6.07, 6.45) is 0. The second kappa shape index (κ2) is 2.44. The number of hydrogen-bond acceptors (Lipinski definition) is 1. The molecule has 0 radical (unpaired) electrons. The van der Waals surface area contributed by atoms with Crippen molar-refractivity contribution in [1.82, 2.24) is 0 Å². The van der Waals surface area contributed by atoms with Crippen LogP contribution in [0, 0.1) is 0 Å². The van der Waals surface area contributed by atoms with Crippen molar-refractivity contribution in [2.45, 2.75) is 0 Å². The molecule has 0 heterocycles. The zero-order valence-corrected chi connectivity index (χ0v) is 4.60. The highest BCUT2D eigenvalue weighted by atomic mass is 127. The van der Waals surface area contributed by atoms with Gasteiger partial charge in [-0.2, -0.15) is 0 Å². The Kier molecular flexibility index (Phi) is 1.16. The molecule has 0 saturated carbocycles. The van der Waals surface area contributed by atoms with Crippen LogP contribution in [0.15, 0.2) is 0 Å². The normalized spacial score (nSPS) is 12.2. The Morgan fingerprint density at radius 1 is 2.40 bits per heavy atom. The summed E-state index contributed by atoms with van der Waals surface area (Å²) >= 11 is 1.80. The van der Waals surface area contributed by atoms with Crippen molar-refractivity contribution in [3.05, 3.63) is 0 Å². The maximum Gasteiger partial charge on any atom is 0.227 e. The first kappa shape index (κ1) is 2.39. The summed E-state index contributed by atoms with van der Waals surface area (Å²) in [4.78, 5) is 10.1. The van der Waals surface area contributed by atoms with Gasteiger partial charge >= 0.3 is 0 Å². The third-order valence-electron chi connectivity index (χ3n) is 0.114. The third-order valence-corrected chi connectivity index (χ3v) is 0.767. The minimum absolute atomic E-state index is 0.0758. The van der Waals surface area contributed by atoms with Crippen molar-refractivity contribution >= 4 is 28.5 Å². The molecular formula is C2H4INO. The smallest absolute Gasteiger partial charge is 0.227 e. The number of rotatable bonds is 1. The first-order chi connectivity index (χ1) is 3.18. The van der Waals surface area contributed by atoms with E-state index in [1.165, 1.54) is 0 Å². The number of primary amides is 1. The second-order valence-corrected chi connectivity index (χ2v) is 1.29. The lowest BCUT2D eigenvalue weighted by molar-refractivity contribution is -0.115. The Hall–Kier alpha value is 0.200. The SMILES string of the molecule is [2H]N([2H])C(=O)CI. The minimum Gasteiger partial charge on any atom is -0.369 e. The van der Waals surface area contributed by atoms with E-state index in [-0.39, 0.29) is 10.1 Å². The van der Waals surface area contributed by atoms with Crippen LogP contribution in [0.25, 0.3) is 0 Å². The number of nitrogens with two attached hydrogens (primary N) is 1. The van der Waals surface area contributed by atoms with Crippen molar-refractivity contribution < 1.29 is 7.62 Å². The van der Waals surface area contributed by atoms with E-state index in [9.17, 15) is 4.79 Å². The van der Waals surface area contributed by atoms with E-state index in [0.29, 0.717) is 0 Å². The van der Waals surface area contributed by atoms with Crippen LogP contribution in [0.5, 0.6) is 0 Å². The molecule has 0 aliphatic heterocycles. The average molecular weight is 187 g/mol. The molecule has 0 rings (SSSR count).